The Morgan fingerprint density at radius 2 is 2.05 bits per heavy atom. The summed E-state index contributed by atoms with van der Waals surface area (Å²) in [6.45, 7) is 6.45. The molecule has 1 aromatic heterocycles. The van der Waals surface area contributed by atoms with Crippen LogP contribution in [0, 0.1) is 0 Å². The molecule has 0 aliphatic heterocycles. The molecule has 0 bridgehead atoms. The van der Waals surface area contributed by atoms with Gasteiger partial charge in [0.15, 0.2) is 0 Å². The van der Waals surface area contributed by atoms with Crippen LogP contribution < -0.4 is 11.3 Å². The number of hydrazine groups is 1. The largest absolute Gasteiger partial charge is 0.302 e. The second kappa shape index (κ2) is 6.89. The van der Waals surface area contributed by atoms with Gasteiger partial charge >= 0.3 is 0 Å². The van der Waals surface area contributed by atoms with Crippen molar-refractivity contribution in [2.75, 3.05) is 14.1 Å². The lowest BCUT2D eigenvalue weighted by Crippen LogP contribution is -2.59. The topological polar surface area (TPSA) is 59.1 Å². The SMILES string of the molecule is CCc1nn(C)c(CC(NN)C(C)(CC)N(C)C)c1Cl. The predicted molar refractivity (Wildman–Crippen MR) is 84.8 cm³/mol. The van der Waals surface area contributed by atoms with Gasteiger partial charge in [-0.05, 0) is 33.9 Å². The van der Waals surface area contributed by atoms with Crippen molar-refractivity contribution < 1.29 is 0 Å². The van der Waals surface area contributed by atoms with Crippen LogP contribution in [0.5, 0.6) is 0 Å². The number of rotatable bonds is 7. The molecular weight excluding hydrogens is 274 g/mol. The average molecular weight is 302 g/mol. The minimum absolute atomic E-state index is 0.0469. The summed E-state index contributed by atoms with van der Waals surface area (Å²) >= 11 is 6.44. The standard InChI is InChI=1S/C14H28ClN5/c1-7-10-13(15)11(20(6)18-10)9-12(17-16)14(3,8-2)19(4)5/h12,17H,7-9,16H2,1-6H3. The predicted octanol–water partition coefficient (Wildman–Crippen LogP) is 1.74. The number of nitrogens with zero attached hydrogens (tertiary/aromatic N) is 3. The van der Waals surface area contributed by atoms with Gasteiger partial charge in [0.05, 0.1) is 16.4 Å². The van der Waals surface area contributed by atoms with Crippen LogP contribution in [0.25, 0.3) is 0 Å². The Hall–Kier alpha value is -0.620. The number of nitrogens with one attached hydrogen (secondary N) is 1. The molecule has 0 saturated carbocycles. The maximum absolute atomic E-state index is 6.44. The van der Waals surface area contributed by atoms with Gasteiger partial charge in [-0.25, -0.2) is 0 Å². The van der Waals surface area contributed by atoms with E-state index in [-0.39, 0.29) is 11.6 Å². The fraction of sp³-hybridized carbons (Fsp3) is 0.786. The first-order valence-corrected chi connectivity index (χ1v) is 7.53. The third kappa shape index (κ3) is 3.17. The van der Waals surface area contributed by atoms with Gasteiger partial charge in [-0.15, -0.1) is 0 Å². The third-order valence-corrected chi connectivity index (χ3v) is 5.03. The molecule has 0 spiro atoms. The minimum atomic E-state index is -0.0469. The van der Waals surface area contributed by atoms with Gasteiger partial charge in [0.1, 0.15) is 0 Å². The molecule has 2 unspecified atom stereocenters. The van der Waals surface area contributed by atoms with Crippen LogP contribution in [-0.4, -0.2) is 40.4 Å². The van der Waals surface area contributed by atoms with Gasteiger partial charge in [-0.1, -0.05) is 25.4 Å². The maximum Gasteiger partial charge on any atom is 0.0850 e. The van der Waals surface area contributed by atoms with Crippen LogP contribution in [0.2, 0.25) is 5.02 Å². The fourth-order valence-corrected chi connectivity index (χ4v) is 2.94. The number of hydrogen-bond acceptors (Lipinski definition) is 4. The Morgan fingerprint density at radius 1 is 1.45 bits per heavy atom. The highest BCUT2D eigenvalue weighted by atomic mass is 35.5. The summed E-state index contributed by atoms with van der Waals surface area (Å²) in [5, 5.41) is 5.24. The van der Waals surface area contributed by atoms with Crippen LogP contribution in [0.1, 0.15) is 38.6 Å². The van der Waals surface area contributed by atoms with Crippen molar-refractivity contribution in [2.45, 2.75) is 51.6 Å². The van der Waals surface area contributed by atoms with Crippen molar-refractivity contribution in [3.05, 3.63) is 16.4 Å². The highest BCUT2D eigenvalue weighted by Gasteiger charge is 2.35. The normalized spacial score (nSPS) is 16.4. The van der Waals surface area contributed by atoms with Crippen LogP contribution in [0.3, 0.4) is 0 Å². The first-order chi connectivity index (χ1) is 9.31. The van der Waals surface area contributed by atoms with Crippen molar-refractivity contribution in [3.8, 4) is 0 Å². The van der Waals surface area contributed by atoms with Gasteiger partial charge in [-0.3, -0.25) is 16.0 Å². The van der Waals surface area contributed by atoms with Crippen molar-refractivity contribution in [3.63, 3.8) is 0 Å². The zero-order chi connectivity index (χ0) is 15.5. The van der Waals surface area contributed by atoms with E-state index in [1.807, 2.05) is 11.7 Å². The molecule has 116 valence electrons. The summed E-state index contributed by atoms with van der Waals surface area (Å²) in [6.07, 6.45) is 2.58. The number of aryl methyl sites for hydroxylation is 2. The van der Waals surface area contributed by atoms with E-state index in [4.69, 9.17) is 17.4 Å². The number of aromatic nitrogens is 2. The summed E-state index contributed by atoms with van der Waals surface area (Å²) in [5.41, 5.74) is 4.90. The van der Waals surface area contributed by atoms with Crippen LogP contribution in [0.15, 0.2) is 0 Å². The van der Waals surface area contributed by atoms with Gasteiger partial charge in [0, 0.05) is 25.0 Å². The van der Waals surface area contributed by atoms with Crippen molar-refractivity contribution in [2.24, 2.45) is 12.9 Å². The first kappa shape index (κ1) is 17.4. The number of nitrogens with two attached hydrogens (primary N) is 1. The summed E-state index contributed by atoms with van der Waals surface area (Å²) in [6, 6.07) is 0.0973. The smallest absolute Gasteiger partial charge is 0.0850 e. The van der Waals surface area contributed by atoms with E-state index in [1.54, 1.807) is 0 Å². The second-order valence-electron chi connectivity index (χ2n) is 5.71. The van der Waals surface area contributed by atoms with E-state index < -0.39 is 0 Å². The van der Waals surface area contributed by atoms with Crippen molar-refractivity contribution in [1.29, 1.82) is 0 Å². The second-order valence-corrected chi connectivity index (χ2v) is 6.09. The molecule has 20 heavy (non-hydrogen) atoms. The van der Waals surface area contributed by atoms with E-state index in [2.05, 4.69) is 50.3 Å². The summed E-state index contributed by atoms with van der Waals surface area (Å²) in [5.74, 6) is 5.81. The number of halogens is 1. The summed E-state index contributed by atoms with van der Waals surface area (Å²) in [4.78, 5) is 2.21. The molecule has 6 heteroatoms. The van der Waals surface area contributed by atoms with E-state index >= 15 is 0 Å². The van der Waals surface area contributed by atoms with Crippen LogP contribution in [-0.2, 0) is 19.9 Å². The van der Waals surface area contributed by atoms with E-state index in [0.29, 0.717) is 0 Å². The molecule has 0 saturated heterocycles. The molecule has 0 aliphatic carbocycles. The van der Waals surface area contributed by atoms with Gasteiger partial charge < -0.3 is 4.90 Å². The first-order valence-electron chi connectivity index (χ1n) is 7.15. The third-order valence-electron chi connectivity index (χ3n) is 4.59. The lowest BCUT2D eigenvalue weighted by molar-refractivity contribution is 0.111. The van der Waals surface area contributed by atoms with Crippen LogP contribution >= 0.6 is 11.6 Å². The number of likely N-dealkylation sites (N-methyl/N-ethyl adjacent to an activating group) is 1. The molecular formula is C14H28ClN5. The Kier molecular flexibility index (Phi) is 6.01. The van der Waals surface area contributed by atoms with Gasteiger partial charge in [0.25, 0.3) is 0 Å². The molecule has 2 atom stereocenters. The Balaban J connectivity index is 3.08. The molecule has 0 radical (unpaired) electrons. The zero-order valence-electron chi connectivity index (χ0n) is 13.5. The molecule has 0 aromatic carbocycles. The molecule has 0 fully saturated rings. The average Bonchev–Trinajstić information content (AvgIpc) is 2.69. The van der Waals surface area contributed by atoms with Crippen molar-refractivity contribution >= 4 is 11.6 Å². The van der Waals surface area contributed by atoms with E-state index in [1.165, 1.54) is 0 Å². The van der Waals surface area contributed by atoms with Gasteiger partial charge in [-0.2, -0.15) is 5.10 Å². The quantitative estimate of drug-likeness (QED) is 0.595. The highest BCUT2D eigenvalue weighted by molar-refractivity contribution is 6.31. The molecule has 1 heterocycles. The molecule has 0 aliphatic rings. The Bertz CT molecular complexity index is 443. The lowest BCUT2D eigenvalue weighted by atomic mass is 9.85. The Labute approximate surface area is 127 Å². The maximum atomic E-state index is 6.44. The highest BCUT2D eigenvalue weighted by Crippen LogP contribution is 2.27. The number of hydrogen-bond donors (Lipinski definition) is 2. The molecule has 5 nitrogen and oxygen atoms in total. The molecule has 1 aromatic rings. The molecule has 1 rings (SSSR count). The molecule has 0 amide bonds. The zero-order valence-corrected chi connectivity index (χ0v) is 14.3. The molecule has 3 N–H and O–H groups in total. The van der Waals surface area contributed by atoms with Crippen molar-refractivity contribution in [1.82, 2.24) is 20.1 Å². The van der Waals surface area contributed by atoms with Crippen LogP contribution in [0.4, 0.5) is 0 Å². The van der Waals surface area contributed by atoms with E-state index in [9.17, 15) is 0 Å². The summed E-state index contributed by atoms with van der Waals surface area (Å²) in [7, 11) is 6.10. The lowest BCUT2D eigenvalue weighted by Gasteiger charge is -2.42. The minimum Gasteiger partial charge on any atom is -0.302 e. The monoisotopic (exact) mass is 301 g/mol. The van der Waals surface area contributed by atoms with E-state index in [0.717, 1.165) is 35.7 Å². The summed E-state index contributed by atoms with van der Waals surface area (Å²) < 4.78 is 1.87. The van der Waals surface area contributed by atoms with Gasteiger partial charge in [0.2, 0.25) is 0 Å². The fourth-order valence-electron chi connectivity index (χ4n) is 2.57. The Morgan fingerprint density at radius 3 is 2.40 bits per heavy atom.